The van der Waals surface area contributed by atoms with Crippen LogP contribution < -0.4 is 5.32 Å². The molecule has 1 N–H and O–H groups in total. The number of hydrogen-bond acceptors (Lipinski definition) is 3. The number of rotatable bonds is 5. The Bertz CT molecular complexity index is 152. The first-order valence-corrected chi connectivity index (χ1v) is 4.81. The van der Waals surface area contributed by atoms with Crippen molar-refractivity contribution in [1.29, 1.82) is 0 Å². The molecule has 0 aromatic rings. The largest absolute Gasteiger partial charge is 0.314 e. The Labute approximate surface area is 80.7 Å². The van der Waals surface area contributed by atoms with Crippen LogP contribution in [0.2, 0.25) is 0 Å². The summed E-state index contributed by atoms with van der Waals surface area (Å²) in [6, 6.07) is 0. The molecule has 0 amide bonds. The lowest BCUT2D eigenvalue weighted by atomic mass is 10.4. The van der Waals surface area contributed by atoms with E-state index < -0.39 is 0 Å². The van der Waals surface area contributed by atoms with E-state index in [1.807, 2.05) is 12.2 Å². The first-order valence-electron chi connectivity index (χ1n) is 4.81. The van der Waals surface area contributed by atoms with E-state index >= 15 is 0 Å². The summed E-state index contributed by atoms with van der Waals surface area (Å²) in [6.45, 7) is 13.7. The summed E-state index contributed by atoms with van der Waals surface area (Å²) in [6.07, 6.45) is 3.87. The zero-order chi connectivity index (χ0) is 9.52. The van der Waals surface area contributed by atoms with Gasteiger partial charge in [-0.3, -0.25) is 0 Å². The lowest BCUT2D eigenvalue weighted by Crippen LogP contribution is -2.52. The van der Waals surface area contributed by atoms with Gasteiger partial charge in [0.2, 0.25) is 0 Å². The van der Waals surface area contributed by atoms with Crippen molar-refractivity contribution in [1.82, 2.24) is 15.3 Å². The molecule has 1 saturated heterocycles. The number of nitrogens with one attached hydrogen (secondary N) is 1. The molecule has 0 radical (unpaired) electrons. The molecule has 0 aromatic heterocycles. The zero-order valence-electron chi connectivity index (χ0n) is 8.21. The second-order valence-corrected chi connectivity index (χ2v) is 3.15. The van der Waals surface area contributed by atoms with Crippen LogP contribution in [0.1, 0.15) is 0 Å². The van der Waals surface area contributed by atoms with Crippen molar-refractivity contribution in [3.8, 4) is 0 Å². The second-order valence-electron chi connectivity index (χ2n) is 3.15. The summed E-state index contributed by atoms with van der Waals surface area (Å²) < 4.78 is 0. The van der Waals surface area contributed by atoms with E-state index in [0.29, 0.717) is 0 Å². The van der Waals surface area contributed by atoms with Gasteiger partial charge in [-0.1, -0.05) is 12.2 Å². The summed E-state index contributed by atoms with van der Waals surface area (Å²) in [5.41, 5.74) is 0. The summed E-state index contributed by atoms with van der Waals surface area (Å²) in [7, 11) is 0. The van der Waals surface area contributed by atoms with Crippen LogP contribution in [0.25, 0.3) is 0 Å². The highest BCUT2D eigenvalue weighted by molar-refractivity contribution is 4.80. The lowest BCUT2D eigenvalue weighted by molar-refractivity contribution is -0.0139. The molecule has 1 aliphatic rings. The minimum Gasteiger partial charge on any atom is -0.314 e. The number of hydrazine groups is 1. The molecule has 0 atom stereocenters. The smallest absolute Gasteiger partial charge is 0.0315 e. The fourth-order valence-electron chi connectivity index (χ4n) is 1.54. The van der Waals surface area contributed by atoms with Gasteiger partial charge in [0.25, 0.3) is 0 Å². The third-order valence-electron chi connectivity index (χ3n) is 2.17. The molecule has 0 bridgehead atoms. The van der Waals surface area contributed by atoms with Crippen LogP contribution in [0.3, 0.4) is 0 Å². The predicted octanol–water partition coefficient (Wildman–Crippen LogP) is 0.481. The van der Waals surface area contributed by atoms with E-state index in [-0.39, 0.29) is 0 Å². The summed E-state index contributed by atoms with van der Waals surface area (Å²) in [5.74, 6) is 0. The van der Waals surface area contributed by atoms with Crippen molar-refractivity contribution in [2.24, 2.45) is 0 Å². The molecular formula is C10H19N3. The van der Waals surface area contributed by atoms with Crippen molar-refractivity contribution < 1.29 is 0 Å². The molecule has 1 rings (SSSR count). The molecule has 1 heterocycles. The van der Waals surface area contributed by atoms with Gasteiger partial charge >= 0.3 is 0 Å². The van der Waals surface area contributed by atoms with Crippen LogP contribution in [0.5, 0.6) is 0 Å². The van der Waals surface area contributed by atoms with E-state index in [2.05, 4.69) is 28.5 Å². The molecule has 1 aliphatic heterocycles. The van der Waals surface area contributed by atoms with Gasteiger partial charge in [0, 0.05) is 39.3 Å². The SMILES string of the molecule is C=CCN(CC=C)N1CCNCC1. The maximum Gasteiger partial charge on any atom is 0.0315 e. The van der Waals surface area contributed by atoms with Crippen molar-refractivity contribution >= 4 is 0 Å². The molecule has 0 saturated carbocycles. The Balaban J connectivity index is 2.40. The molecule has 3 nitrogen and oxygen atoms in total. The van der Waals surface area contributed by atoms with E-state index in [1.165, 1.54) is 0 Å². The highest BCUT2D eigenvalue weighted by atomic mass is 15.6. The third-order valence-corrected chi connectivity index (χ3v) is 2.17. The fourth-order valence-corrected chi connectivity index (χ4v) is 1.54. The minimum absolute atomic E-state index is 0.909. The van der Waals surface area contributed by atoms with Crippen LogP contribution in [0.15, 0.2) is 25.3 Å². The van der Waals surface area contributed by atoms with Crippen LogP contribution in [-0.4, -0.2) is 49.3 Å². The average molecular weight is 181 g/mol. The van der Waals surface area contributed by atoms with E-state index in [9.17, 15) is 0 Å². The Kier molecular flexibility index (Phi) is 4.75. The number of piperazine rings is 1. The van der Waals surface area contributed by atoms with E-state index in [1.54, 1.807) is 0 Å². The van der Waals surface area contributed by atoms with Gasteiger partial charge < -0.3 is 5.32 Å². The summed E-state index contributed by atoms with van der Waals surface area (Å²) in [4.78, 5) is 0. The van der Waals surface area contributed by atoms with Crippen LogP contribution in [-0.2, 0) is 0 Å². The van der Waals surface area contributed by atoms with E-state index in [4.69, 9.17) is 0 Å². The van der Waals surface area contributed by atoms with Crippen molar-refractivity contribution in [2.75, 3.05) is 39.3 Å². The van der Waals surface area contributed by atoms with Gasteiger partial charge in [-0.15, -0.1) is 13.2 Å². The Morgan fingerprint density at radius 1 is 1.15 bits per heavy atom. The monoisotopic (exact) mass is 181 g/mol. The quantitative estimate of drug-likeness (QED) is 0.622. The fraction of sp³-hybridized carbons (Fsp3) is 0.600. The first kappa shape index (κ1) is 10.4. The van der Waals surface area contributed by atoms with Crippen molar-refractivity contribution in [3.05, 3.63) is 25.3 Å². The minimum atomic E-state index is 0.909. The average Bonchev–Trinajstić information content (AvgIpc) is 2.19. The van der Waals surface area contributed by atoms with Gasteiger partial charge in [0.1, 0.15) is 0 Å². The molecule has 0 aliphatic carbocycles. The lowest BCUT2D eigenvalue weighted by Gasteiger charge is -2.36. The molecule has 3 heteroatoms. The van der Waals surface area contributed by atoms with Crippen LogP contribution in [0.4, 0.5) is 0 Å². The van der Waals surface area contributed by atoms with Gasteiger partial charge in [-0.2, -0.15) is 0 Å². The molecule has 0 spiro atoms. The number of hydrogen-bond donors (Lipinski definition) is 1. The van der Waals surface area contributed by atoms with Crippen molar-refractivity contribution in [2.45, 2.75) is 0 Å². The molecule has 13 heavy (non-hydrogen) atoms. The standard InChI is InChI=1S/C10H19N3/c1-3-7-12(8-4-2)13-9-5-11-6-10-13/h3-4,11H,1-2,5-10H2. The van der Waals surface area contributed by atoms with E-state index in [0.717, 1.165) is 39.3 Å². The van der Waals surface area contributed by atoms with Gasteiger partial charge in [-0.05, 0) is 0 Å². The number of nitrogens with zero attached hydrogens (tertiary/aromatic N) is 2. The normalized spacial score (nSPS) is 18.8. The maximum atomic E-state index is 3.76. The topological polar surface area (TPSA) is 18.5 Å². The van der Waals surface area contributed by atoms with Gasteiger partial charge in [0.15, 0.2) is 0 Å². The van der Waals surface area contributed by atoms with Crippen molar-refractivity contribution in [3.63, 3.8) is 0 Å². The summed E-state index contributed by atoms with van der Waals surface area (Å²) >= 11 is 0. The molecule has 74 valence electrons. The Morgan fingerprint density at radius 3 is 2.15 bits per heavy atom. The highest BCUT2D eigenvalue weighted by Gasteiger charge is 2.14. The van der Waals surface area contributed by atoms with Gasteiger partial charge in [0.05, 0.1) is 0 Å². The predicted molar refractivity (Wildman–Crippen MR) is 56.4 cm³/mol. The molecular weight excluding hydrogens is 162 g/mol. The Hall–Kier alpha value is -0.640. The first-order chi connectivity index (χ1) is 6.38. The summed E-state index contributed by atoms with van der Waals surface area (Å²) in [5, 5.41) is 7.97. The second kappa shape index (κ2) is 5.91. The molecule has 0 aromatic carbocycles. The van der Waals surface area contributed by atoms with Crippen LogP contribution in [0, 0.1) is 0 Å². The molecule has 0 unspecified atom stereocenters. The zero-order valence-corrected chi connectivity index (χ0v) is 8.21. The van der Waals surface area contributed by atoms with Gasteiger partial charge in [-0.25, -0.2) is 10.0 Å². The van der Waals surface area contributed by atoms with Crippen LogP contribution >= 0.6 is 0 Å². The highest BCUT2D eigenvalue weighted by Crippen LogP contribution is 2.00. The molecule has 1 fully saturated rings. The third kappa shape index (κ3) is 3.30. The maximum absolute atomic E-state index is 3.76. The Morgan fingerprint density at radius 2 is 1.69 bits per heavy atom.